The second-order valence-electron chi connectivity index (χ2n) is 3.92. The smallest absolute Gasteiger partial charge is 0.157 e. The number of unbranched alkanes of at least 4 members (excludes halogenated alkanes) is 2. The molecule has 1 aromatic rings. The van der Waals surface area contributed by atoms with Gasteiger partial charge < -0.3 is 11.1 Å². The molecule has 0 aromatic carbocycles. The number of hydrogen-bond acceptors (Lipinski definition) is 5. The van der Waals surface area contributed by atoms with E-state index in [2.05, 4.69) is 29.6 Å². The number of anilines is 2. The van der Waals surface area contributed by atoms with Gasteiger partial charge in [-0.1, -0.05) is 26.2 Å². The molecule has 0 radical (unpaired) electrons. The van der Waals surface area contributed by atoms with Crippen molar-refractivity contribution in [2.45, 2.75) is 45.6 Å². The molecule has 5 heteroatoms. The minimum Gasteiger partial charge on any atom is -0.382 e. The van der Waals surface area contributed by atoms with Gasteiger partial charge in [0, 0.05) is 6.04 Å². The van der Waals surface area contributed by atoms with Gasteiger partial charge in [0.25, 0.3) is 0 Å². The normalized spacial score (nSPS) is 12.1. The van der Waals surface area contributed by atoms with E-state index in [0.29, 0.717) is 17.4 Å². The fourth-order valence-corrected chi connectivity index (χ4v) is 2.28. The Morgan fingerprint density at radius 3 is 2.94 bits per heavy atom. The summed E-state index contributed by atoms with van der Waals surface area (Å²) < 4.78 is 3.97. The first-order valence-electron chi connectivity index (χ1n) is 5.60. The lowest BCUT2D eigenvalue weighted by molar-refractivity contribution is 0.616. The first-order chi connectivity index (χ1) is 7.69. The zero-order valence-corrected chi connectivity index (χ0v) is 10.6. The van der Waals surface area contributed by atoms with Crippen molar-refractivity contribution < 1.29 is 0 Å². The highest BCUT2D eigenvalue weighted by molar-refractivity contribution is 7.10. The molecule has 0 aliphatic rings. The van der Waals surface area contributed by atoms with Gasteiger partial charge in [0.2, 0.25) is 0 Å². The summed E-state index contributed by atoms with van der Waals surface area (Å²) in [6.45, 7) is 4.31. The standard InChI is InChI=1S/C11H18N4S/c1-3-4-5-6-8(2)14-11-9(7-12)10(13)15-16-11/h8,14H,3-6H2,1-2H3,(H2,13,15). The maximum atomic E-state index is 8.91. The Kier molecular flexibility index (Phi) is 5.06. The van der Waals surface area contributed by atoms with Crippen LogP contribution in [-0.4, -0.2) is 10.4 Å². The predicted octanol–water partition coefficient (Wildman–Crippen LogP) is 2.98. The molecular formula is C11H18N4S. The van der Waals surface area contributed by atoms with E-state index in [1.807, 2.05) is 0 Å². The van der Waals surface area contributed by atoms with Crippen molar-refractivity contribution >= 4 is 22.4 Å². The minimum atomic E-state index is 0.329. The highest BCUT2D eigenvalue weighted by atomic mass is 32.1. The molecule has 1 atom stereocenters. The molecule has 3 N–H and O–H groups in total. The largest absolute Gasteiger partial charge is 0.382 e. The predicted molar refractivity (Wildman–Crippen MR) is 68.5 cm³/mol. The molecule has 1 unspecified atom stereocenters. The zero-order chi connectivity index (χ0) is 12.0. The van der Waals surface area contributed by atoms with E-state index in [1.165, 1.54) is 30.8 Å². The number of rotatable bonds is 6. The van der Waals surface area contributed by atoms with E-state index >= 15 is 0 Å². The van der Waals surface area contributed by atoms with E-state index in [9.17, 15) is 0 Å². The third kappa shape index (κ3) is 3.38. The monoisotopic (exact) mass is 238 g/mol. The van der Waals surface area contributed by atoms with Crippen LogP contribution < -0.4 is 11.1 Å². The van der Waals surface area contributed by atoms with Crippen molar-refractivity contribution in [2.24, 2.45) is 0 Å². The third-order valence-corrected chi connectivity index (χ3v) is 3.24. The molecule has 1 aromatic heterocycles. The summed E-state index contributed by atoms with van der Waals surface area (Å²) in [4.78, 5) is 0. The summed E-state index contributed by atoms with van der Waals surface area (Å²) in [7, 11) is 0. The first-order valence-corrected chi connectivity index (χ1v) is 6.38. The number of aromatic nitrogens is 1. The van der Waals surface area contributed by atoms with Crippen molar-refractivity contribution in [1.29, 1.82) is 5.26 Å². The molecule has 0 spiro atoms. The molecular weight excluding hydrogens is 220 g/mol. The molecule has 88 valence electrons. The molecule has 0 saturated heterocycles. The van der Waals surface area contributed by atoms with Gasteiger partial charge in [-0.25, -0.2) is 0 Å². The SMILES string of the molecule is CCCCCC(C)Nc1snc(N)c1C#N. The Labute approximate surface area is 101 Å². The summed E-state index contributed by atoms with van der Waals surface area (Å²) >= 11 is 1.26. The number of nitriles is 1. The second kappa shape index (κ2) is 6.33. The van der Waals surface area contributed by atoms with E-state index in [4.69, 9.17) is 11.0 Å². The van der Waals surface area contributed by atoms with Crippen LogP contribution in [-0.2, 0) is 0 Å². The van der Waals surface area contributed by atoms with Gasteiger partial charge in [0.05, 0.1) is 0 Å². The summed E-state index contributed by atoms with van der Waals surface area (Å²) in [5.41, 5.74) is 6.07. The fourth-order valence-electron chi connectivity index (χ4n) is 1.51. The van der Waals surface area contributed by atoms with Crippen LogP contribution in [0.5, 0.6) is 0 Å². The summed E-state index contributed by atoms with van der Waals surface area (Å²) in [5, 5.41) is 13.0. The van der Waals surface area contributed by atoms with Crippen LogP contribution in [0.1, 0.15) is 45.1 Å². The van der Waals surface area contributed by atoms with E-state index in [1.54, 1.807) is 0 Å². The van der Waals surface area contributed by atoms with E-state index < -0.39 is 0 Å². The Balaban J connectivity index is 2.50. The van der Waals surface area contributed by atoms with Crippen LogP contribution in [0.4, 0.5) is 10.8 Å². The molecule has 0 fully saturated rings. The van der Waals surface area contributed by atoms with Crippen molar-refractivity contribution in [3.63, 3.8) is 0 Å². The molecule has 0 amide bonds. The van der Waals surface area contributed by atoms with Crippen LogP contribution in [0, 0.1) is 11.3 Å². The average Bonchev–Trinajstić information content (AvgIpc) is 2.59. The number of nitrogens with two attached hydrogens (primary N) is 1. The molecule has 1 heterocycles. The lowest BCUT2D eigenvalue weighted by Crippen LogP contribution is -2.14. The lowest BCUT2D eigenvalue weighted by atomic mass is 10.1. The Bertz CT molecular complexity index is 367. The topological polar surface area (TPSA) is 74.7 Å². The van der Waals surface area contributed by atoms with Gasteiger partial charge in [0.15, 0.2) is 5.82 Å². The highest BCUT2D eigenvalue weighted by Gasteiger charge is 2.12. The summed E-state index contributed by atoms with van der Waals surface area (Å²) in [6, 6.07) is 2.44. The minimum absolute atomic E-state index is 0.329. The first kappa shape index (κ1) is 12.8. The number of nitrogen functional groups attached to an aromatic ring is 1. The maximum absolute atomic E-state index is 8.91. The lowest BCUT2D eigenvalue weighted by Gasteiger charge is -2.12. The second-order valence-corrected chi connectivity index (χ2v) is 4.70. The van der Waals surface area contributed by atoms with Crippen LogP contribution in [0.2, 0.25) is 0 Å². The Morgan fingerprint density at radius 1 is 1.56 bits per heavy atom. The maximum Gasteiger partial charge on any atom is 0.157 e. The van der Waals surface area contributed by atoms with E-state index in [-0.39, 0.29) is 0 Å². The van der Waals surface area contributed by atoms with Gasteiger partial charge in [-0.15, -0.1) is 0 Å². The molecule has 0 aliphatic heterocycles. The Morgan fingerprint density at radius 2 is 2.31 bits per heavy atom. The number of hydrogen-bond donors (Lipinski definition) is 2. The molecule has 0 saturated carbocycles. The highest BCUT2D eigenvalue weighted by Crippen LogP contribution is 2.26. The average molecular weight is 238 g/mol. The number of nitrogens with zero attached hydrogens (tertiary/aromatic N) is 2. The molecule has 16 heavy (non-hydrogen) atoms. The van der Waals surface area contributed by atoms with Crippen LogP contribution in [0.3, 0.4) is 0 Å². The van der Waals surface area contributed by atoms with Gasteiger partial charge in [-0.2, -0.15) is 9.64 Å². The summed E-state index contributed by atoms with van der Waals surface area (Å²) in [6.07, 6.45) is 4.79. The van der Waals surface area contributed by atoms with Gasteiger partial charge in [-0.3, -0.25) is 0 Å². The van der Waals surface area contributed by atoms with Crippen molar-refractivity contribution in [1.82, 2.24) is 4.37 Å². The fraction of sp³-hybridized carbons (Fsp3) is 0.636. The molecule has 0 bridgehead atoms. The molecule has 1 rings (SSSR count). The van der Waals surface area contributed by atoms with Crippen molar-refractivity contribution in [3.8, 4) is 6.07 Å². The number of nitrogens with one attached hydrogen (secondary N) is 1. The van der Waals surface area contributed by atoms with Crippen molar-refractivity contribution in [2.75, 3.05) is 11.1 Å². The third-order valence-electron chi connectivity index (χ3n) is 2.45. The van der Waals surface area contributed by atoms with Gasteiger partial charge in [0.1, 0.15) is 16.6 Å². The van der Waals surface area contributed by atoms with Gasteiger partial charge >= 0.3 is 0 Å². The molecule has 4 nitrogen and oxygen atoms in total. The zero-order valence-electron chi connectivity index (χ0n) is 9.79. The van der Waals surface area contributed by atoms with Gasteiger partial charge in [-0.05, 0) is 24.9 Å². The molecule has 0 aliphatic carbocycles. The Hall–Kier alpha value is -1.28. The summed E-state index contributed by atoms with van der Waals surface area (Å²) in [5.74, 6) is 0.329. The quantitative estimate of drug-likeness (QED) is 0.747. The van der Waals surface area contributed by atoms with Crippen LogP contribution >= 0.6 is 11.5 Å². The van der Waals surface area contributed by atoms with E-state index in [0.717, 1.165) is 11.4 Å². The van der Waals surface area contributed by atoms with Crippen molar-refractivity contribution in [3.05, 3.63) is 5.56 Å². The van der Waals surface area contributed by atoms with Crippen LogP contribution in [0.25, 0.3) is 0 Å². The van der Waals surface area contributed by atoms with Crippen LogP contribution in [0.15, 0.2) is 0 Å².